The summed E-state index contributed by atoms with van der Waals surface area (Å²) in [6.45, 7) is 2.04. The topological polar surface area (TPSA) is 78.6 Å². The van der Waals surface area contributed by atoms with E-state index in [0.29, 0.717) is 30.7 Å². The second kappa shape index (κ2) is 6.83. The Bertz CT molecular complexity index is 913. The molecule has 3 aromatic rings. The summed E-state index contributed by atoms with van der Waals surface area (Å²) in [7, 11) is 1.73. The second-order valence-corrected chi connectivity index (χ2v) is 7.50. The number of hydrogen-bond acceptors (Lipinski definition) is 6. The zero-order valence-corrected chi connectivity index (χ0v) is 15.4. The molecule has 0 atom stereocenters. The first-order valence-corrected chi connectivity index (χ1v) is 9.59. The molecule has 1 saturated heterocycles. The van der Waals surface area contributed by atoms with E-state index in [9.17, 15) is 9.90 Å². The van der Waals surface area contributed by atoms with E-state index in [1.54, 1.807) is 23.5 Å². The summed E-state index contributed by atoms with van der Waals surface area (Å²) in [5.74, 6) is 0.114. The Kier molecular flexibility index (Phi) is 4.52. The number of fused-ring (bicyclic) bond motifs is 1. The molecule has 3 heterocycles. The van der Waals surface area contributed by atoms with Crippen molar-refractivity contribution in [3.05, 3.63) is 52.2 Å². The number of nitrogens with one attached hydrogen (secondary N) is 1. The Labute approximate surface area is 155 Å². The predicted molar refractivity (Wildman–Crippen MR) is 100 cm³/mol. The van der Waals surface area contributed by atoms with Crippen molar-refractivity contribution in [2.75, 3.05) is 20.1 Å². The normalized spacial score (nSPS) is 16.7. The summed E-state index contributed by atoms with van der Waals surface area (Å²) in [5, 5.41) is 16.9. The zero-order valence-electron chi connectivity index (χ0n) is 14.6. The number of amides is 1. The Hall–Kier alpha value is -2.22. The van der Waals surface area contributed by atoms with Gasteiger partial charge in [-0.3, -0.25) is 4.79 Å². The second-order valence-electron chi connectivity index (χ2n) is 6.79. The number of thiazole rings is 1. The number of rotatable bonds is 4. The van der Waals surface area contributed by atoms with E-state index in [2.05, 4.69) is 10.3 Å². The van der Waals surface area contributed by atoms with Crippen LogP contribution in [0.2, 0.25) is 0 Å². The van der Waals surface area contributed by atoms with Crippen LogP contribution in [0.5, 0.6) is 0 Å². The summed E-state index contributed by atoms with van der Waals surface area (Å²) in [6.07, 6.45) is 1.36. The van der Waals surface area contributed by atoms with E-state index in [0.717, 1.165) is 29.7 Å². The first-order valence-electron chi connectivity index (χ1n) is 8.65. The van der Waals surface area contributed by atoms with Gasteiger partial charge in [0.05, 0.1) is 23.4 Å². The average Bonchev–Trinajstić information content (AvgIpc) is 3.30. The van der Waals surface area contributed by atoms with Crippen molar-refractivity contribution in [1.29, 1.82) is 0 Å². The maximum absolute atomic E-state index is 12.6. The maximum atomic E-state index is 12.6. The van der Waals surface area contributed by atoms with Gasteiger partial charge in [0.15, 0.2) is 5.76 Å². The van der Waals surface area contributed by atoms with Crippen LogP contribution in [-0.2, 0) is 12.1 Å². The Balaban J connectivity index is 1.58. The van der Waals surface area contributed by atoms with Crippen molar-refractivity contribution in [3.63, 3.8) is 0 Å². The van der Waals surface area contributed by atoms with E-state index in [-0.39, 0.29) is 5.91 Å². The molecule has 0 bridgehead atoms. The van der Waals surface area contributed by atoms with E-state index in [4.69, 9.17) is 4.42 Å². The third-order valence-electron chi connectivity index (χ3n) is 4.92. The average molecular weight is 371 g/mol. The third kappa shape index (κ3) is 3.25. The van der Waals surface area contributed by atoms with Crippen molar-refractivity contribution in [2.45, 2.75) is 25.0 Å². The standard InChI is InChI=1S/C19H21N3O3S/c1-22(10-15-11-26-12-21-15)18(23)17-9-13-8-14(2-3-16(13)25-17)19(24)4-6-20-7-5-19/h2-3,8-9,11-12,20,24H,4-7,10H2,1H3. The smallest absolute Gasteiger partial charge is 0.289 e. The Morgan fingerprint density at radius 2 is 2.19 bits per heavy atom. The Morgan fingerprint density at radius 1 is 1.38 bits per heavy atom. The van der Waals surface area contributed by atoms with Crippen molar-refractivity contribution in [1.82, 2.24) is 15.2 Å². The minimum atomic E-state index is -0.817. The van der Waals surface area contributed by atoms with Gasteiger partial charge < -0.3 is 19.7 Å². The highest BCUT2D eigenvalue weighted by atomic mass is 32.1. The number of carbonyl (C=O) groups excluding carboxylic acids is 1. The molecule has 0 saturated carbocycles. The van der Waals surface area contributed by atoms with Gasteiger partial charge in [0.2, 0.25) is 0 Å². The molecule has 4 rings (SSSR count). The molecule has 0 aliphatic carbocycles. The first-order chi connectivity index (χ1) is 12.5. The van der Waals surface area contributed by atoms with E-state index in [1.807, 2.05) is 23.6 Å². The molecule has 7 heteroatoms. The van der Waals surface area contributed by atoms with Gasteiger partial charge in [0, 0.05) is 17.8 Å². The zero-order chi connectivity index (χ0) is 18.1. The molecule has 0 unspecified atom stereocenters. The SMILES string of the molecule is CN(Cc1cscn1)C(=O)c1cc2cc(C3(O)CCNCC3)ccc2o1. The van der Waals surface area contributed by atoms with Crippen LogP contribution in [0, 0.1) is 0 Å². The number of furan rings is 1. The monoisotopic (exact) mass is 371 g/mol. The number of aromatic nitrogens is 1. The molecular weight excluding hydrogens is 350 g/mol. The highest BCUT2D eigenvalue weighted by Crippen LogP contribution is 2.33. The van der Waals surface area contributed by atoms with Crippen molar-refractivity contribution in [3.8, 4) is 0 Å². The van der Waals surface area contributed by atoms with Gasteiger partial charge in [-0.15, -0.1) is 11.3 Å². The molecule has 136 valence electrons. The highest BCUT2D eigenvalue weighted by molar-refractivity contribution is 7.07. The molecule has 1 aliphatic heterocycles. The van der Waals surface area contributed by atoms with E-state index in [1.165, 1.54) is 11.3 Å². The molecular formula is C19H21N3O3S. The molecule has 0 radical (unpaired) electrons. The van der Waals surface area contributed by atoms with Gasteiger partial charge in [0.1, 0.15) is 5.58 Å². The molecule has 1 amide bonds. The molecule has 0 spiro atoms. The minimum Gasteiger partial charge on any atom is -0.451 e. The molecule has 1 aromatic carbocycles. The lowest BCUT2D eigenvalue weighted by Crippen LogP contribution is -2.39. The largest absolute Gasteiger partial charge is 0.451 e. The van der Waals surface area contributed by atoms with Crippen LogP contribution in [0.15, 0.2) is 39.6 Å². The lowest BCUT2D eigenvalue weighted by molar-refractivity contribution is 0.00605. The van der Waals surface area contributed by atoms with Crippen molar-refractivity contribution < 1.29 is 14.3 Å². The van der Waals surface area contributed by atoms with Crippen LogP contribution in [0.25, 0.3) is 11.0 Å². The van der Waals surface area contributed by atoms with Crippen LogP contribution in [-0.4, -0.2) is 41.0 Å². The Morgan fingerprint density at radius 3 is 2.92 bits per heavy atom. The van der Waals surface area contributed by atoms with E-state index < -0.39 is 5.60 Å². The number of carbonyl (C=O) groups is 1. The first kappa shape index (κ1) is 17.2. The van der Waals surface area contributed by atoms with Gasteiger partial charge in [-0.1, -0.05) is 6.07 Å². The summed E-state index contributed by atoms with van der Waals surface area (Å²) in [5.41, 5.74) is 3.32. The number of hydrogen-bond donors (Lipinski definition) is 2. The molecule has 6 nitrogen and oxygen atoms in total. The minimum absolute atomic E-state index is 0.184. The lowest BCUT2D eigenvalue weighted by atomic mass is 9.85. The van der Waals surface area contributed by atoms with Crippen LogP contribution in [0.3, 0.4) is 0 Å². The lowest BCUT2D eigenvalue weighted by Gasteiger charge is -2.33. The summed E-state index contributed by atoms with van der Waals surface area (Å²) in [4.78, 5) is 18.4. The maximum Gasteiger partial charge on any atom is 0.289 e. The third-order valence-corrected chi connectivity index (χ3v) is 5.56. The van der Waals surface area contributed by atoms with Gasteiger partial charge >= 0.3 is 0 Å². The van der Waals surface area contributed by atoms with Crippen molar-refractivity contribution in [2.24, 2.45) is 0 Å². The van der Waals surface area contributed by atoms with Gasteiger partial charge in [-0.2, -0.15) is 0 Å². The predicted octanol–water partition coefficient (Wildman–Crippen LogP) is 2.73. The number of benzene rings is 1. The molecule has 1 aliphatic rings. The summed E-state index contributed by atoms with van der Waals surface area (Å²) in [6, 6.07) is 7.41. The van der Waals surface area contributed by atoms with Crippen LogP contribution in [0.4, 0.5) is 0 Å². The fourth-order valence-electron chi connectivity index (χ4n) is 3.39. The van der Waals surface area contributed by atoms with Gasteiger partial charge in [-0.05, 0) is 49.7 Å². The quantitative estimate of drug-likeness (QED) is 0.737. The molecule has 1 fully saturated rings. The summed E-state index contributed by atoms with van der Waals surface area (Å²) < 4.78 is 5.74. The highest BCUT2D eigenvalue weighted by Gasteiger charge is 2.31. The van der Waals surface area contributed by atoms with Crippen LogP contribution in [0.1, 0.15) is 34.7 Å². The summed E-state index contributed by atoms with van der Waals surface area (Å²) >= 11 is 1.51. The molecule has 2 N–H and O–H groups in total. The van der Waals surface area contributed by atoms with E-state index >= 15 is 0 Å². The van der Waals surface area contributed by atoms with Crippen LogP contribution < -0.4 is 5.32 Å². The number of nitrogens with zero attached hydrogens (tertiary/aromatic N) is 2. The van der Waals surface area contributed by atoms with Gasteiger partial charge in [0.25, 0.3) is 5.91 Å². The number of aliphatic hydroxyl groups is 1. The van der Waals surface area contributed by atoms with Gasteiger partial charge in [-0.25, -0.2) is 4.98 Å². The molecule has 2 aromatic heterocycles. The van der Waals surface area contributed by atoms with Crippen molar-refractivity contribution >= 4 is 28.2 Å². The van der Waals surface area contributed by atoms with Crippen LogP contribution >= 0.6 is 11.3 Å². The fraction of sp³-hybridized carbons (Fsp3) is 0.368. The number of piperidine rings is 1. The molecule has 26 heavy (non-hydrogen) atoms. The fourth-order valence-corrected chi connectivity index (χ4v) is 3.94.